The number of nitrogens with one attached hydrogen (secondary N) is 1. The van der Waals surface area contributed by atoms with Crippen molar-refractivity contribution < 1.29 is 17.9 Å². The average molecular weight is 424 g/mol. The van der Waals surface area contributed by atoms with Crippen LogP contribution in [0, 0.1) is 13.8 Å². The second-order valence-corrected chi connectivity index (χ2v) is 10.2. The molecule has 2 heterocycles. The van der Waals surface area contributed by atoms with Gasteiger partial charge in [-0.25, -0.2) is 12.7 Å². The van der Waals surface area contributed by atoms with Crippen LogP contribution in [0.15, 0.2) is 18.2 Å². The number of rotatable bonds is 7. The molecule has 3 rings (SSSR count). The molecule has 1 unspecified atom stereocenters. The van der Waals surface area contributed by atoms with Crippen LogP contribution in [0.25, 0.3) is 0 Å². The summed E-state index contributed by atoms with van der Waals surface area (Å²) < 4.78 is 30.9. The molecule has 162 valence electrons. The van der Waals surface area contributed by atoms with E-state index in [4.69, 9.17) is 4.74 Å². The molecule has 8 heteroatoms. The monoisotopic (exact) mass is 423 g/mol. The van der Waals surface area contributed by atoms with E-state index in [0.29, 0.717) is 37.8 Å². The van der Waals surface area contributed by atoms with Gasteiger partial charge in [0.15, 0.2) is 0 Å². The van der Waals surface area contributed by atoms with Crippen molar-refractivity contribution in [3.05, 3.63) is 34.9 Å². The Morgan fingerprint density at radius 3 is 2.52 bits per heavy atom. The first-order valence-corrected chi connectivity index (χ1v) is 12.2. The van der Waals surface area contributed by atoms with Crippen molar-refractivity contribution in [2.24, 2.45) is 0 Å². The molecule has 0 aliphatic carbocycles. The number of sulfonamides is 1. The van der Waals surface area contributed by atoms with Crippen molar-refractivity contribution in [2.75, 3.05) is 45.6 Å². The molecule has 1 atom stereocenters. The van der Waals surface area contributed by atoms with Crippen LogP contribution in [0.3, 0.4) is 0 Å². The summed E-state index contributed by atoms with van der Waals surface area (Å²) in [5.41, 5.74) is 2.95. The third-order valence-electron chi connectivity index (χ3n) is 6.15. The van der Waals surface area contributed by atoms with E-state index in [9.17, 15) is 13.2 Å². The predicted molar refractivity (Wildman–Crippen MR) is 114 cm³/mol. The minimum Gasteiger partial charge on any atom is -0.381 e. The van der Waals surface area contributed by atoms with Crippen LogP contribution in [0.1, 0.15) is 40.7 Å². The molecule has 1 aromatic rings. The summed E-state index contributed by atoms with van der Waals surface area (Å²) in [7, 11) is -3.17. The number of carbonyl (C=O) groups is 1. The maximum atomic E-state index is 12.5. The van der Waals surface area contributed by atoms with Crippen molar-refractivity contribution in [3.63, 3.8) is 0 Å². The predicted octanol–water partition coefficient (Wildman–Crippen LogP) is 1.55. The normalized spacial score (nSPS) is 21.6. The third kappa shape index (κ3) is 5.78. The summed E-state index contributed by atoms with van der Waals surface area (Å²) in [6, 6.07) is 6.30. The van der Waals surface area contributed by atoms with Crippen LogP contribution in [0.4, 0.5) is 0 Å². The highest BCUT2D eigenvalue weighted by molar-refractivity contribution is 7.88. The Kier molecular flexibility index (Phi) is 7.32. The van der Waals surface area contributed by atoms with Gasteiger partial charge in [-0.1, -0.05) is 6.07 Å². The fourth-order valence-electron chi connectivity index (χ4n) is 4.25. The van der Waals surface area contributed by atoms with Gasteiger partial charge in [0.1, 0.15) is 0 Å². The average Bonchev–Trinajstić information content (AvgIpc) is 3.18. The molecule has 0 bridgehead atoms. The molecule has 2 fully saturated rings. The lowest BCUT2D eigenvalue weighted by molar-refractivity contribution is 0.0194. The summed E-state index contributed by atoms with van der Waals surface area (Å²) in [6.07, 6.45) is 3.99. The SMILES string of the molecule is Cc1ccc(C(=O)NCCN(C2CCOCC2)C2CCN(S(C)(=O)=O)C2)cc1C. The fraction of sp³-hybridized carbons (Fsp3) is 0.667. The number of hydrogen-bond donors (Lipinski definition) is 1. The van der Waals surface area contributed by atoms with Crippen LogP contribution in [0.5, 0.6) is 0 Å². The first-order chi connectivity index (χ1) is 13.8. The molecule has 29 heavy (non-hydrogen) atoms. The summed E-state index contributed by atoms with van der Waals surface area (Å²) in [5.74, 6) is -0.0655. The molecule has 1 N–H and O–H groups in total. The lowest BCUT2D eigenvalue weighted by atomic mass is 10.0. The first-order valence-electron chi connectivity index (χ1n) is 10.4. The van der Waals surface area contributed by atoms with Crippen LogP contribution in [-0.4, -0.2) is 81.3 Å². The zero-order chi connectivity index (χ0) is 21.0. The van der Waals surface area contributed by atoms with Crippen molar-refractivity contribution >= 4 is 15.9 Å². The van der Waals surface area contributed by atoms with Gasteiger partial charge in [-0.3, -0.25) is 9.69 Å². The molecule has 0 saturated carbocycles. The second-order valence-electron chi connectivity index (χ2n) is 8.20. The number of nitrogens with zero attached hydrogens (tertiary/aromatic N) is 2. The number of carbonyl (C=O) groups excluding carboxylic acids is 1. The molecule has 2 aliphatic heterocycles. The lowest BCUT2D eigenvalue weighted by Crippen LogP contribution is -2.50. The number of amides is 1. The largest absolute Gasteiger partial charge is 0.381 e. The van der Waals surface area contributed by atoms with E-state index < -0.39 is 10.0 Å². The highest BCUT2D eigenvalue weighted by Crippen LogP contribution is 2.24. The lowest BCUT2D eigenvalue weighted by Gasteiger charge is -2.38. The number of benzene rings is 1. The zero-order valence-electron chi connectivity index (χ0n) is 17.7. The summed E-state index contributed by atoms with van der Waals surface area (Å²) >= 11 is 0. The van der Waals surface area contributed by atoms with E-state index in [1.165, 1.54) is 11.8 Å². The van der Waals surface area contributed by atoms with Crippen molar-refractivity contribution in [1.29, 1.82) is 0 Å². The molecule has 0 aromatic heterocycles. The van der Waals surface area contributed by atoms with E-state index in [1.54, 1.807) is 4.31 Å². The van der Waals surface area contributed by atoms with Crippen LogP contribution in [-0.2, 0) is 14.8 Å². The minimum absolute atomic E-state index is 0.0655. The molecule has 2 aliphatic rings. The van der Waals surface area contributed by atoms with E-state index in [0.717, 1.165) is 38.0 Å². The summed E-state index contributed by atoms with van der Waals surface area (Å²) in [6.45, 7) is 7.86. The van der Waals surface area contributed by atoms with Gasteiger partial charge in [0, 0.05) is 57.0 Å². The Labute approximate surface area is 174 Å². The molecule has 2 saturated heterocycles. The van der Waals surface area contributed by atoms with Gasteiger partial charge in [-0.2, -0.15) is 0 Å². The van der Waals surface area contributed by atoms with Gasteiger partial charge in [0.2, 0.25) is 10.0 Å². The smallest absolute Gasteiger partial charge is 0.251 e. The topological polar surface area (TPSA) is 79.0 Å². The maximum Gasteiger partial charge on any atom is 0.251 e. The van der Waals surface area contributed by atoms with Crippen molar-refractivity contribution in [1.82, 2.24) is 14.5 Å². The van der Waals surface area contributed by atoms with Gasteiger partial charge < -0.3 is 10.1 Å². The number of ether oxygens (including phenoxy) is 1. The third-order valence-corrected chi connectivity index (χ3v) is 7.42. The zero-order valence-corrected chi connectivity index (χ0v) is 18.5. The van der Waals surface area contributed by atoms with Crippen LogP contribution < -0.4 is 5.32 Å². The van der Waals surface area contributed by atoms with Crippen LogP contribution >= 0.6 is 0 Å². The fourth-order valence-corrected chi connectivity index (χ4v) is 5.13. The van der Waals surface area contributed by atoms with E-state index in [2.05, 4.69) is 10.2 Å². The van der Waals surface area contributed by atoms with Crippen LogP contribution in [0.2, 0.25) is 0 Å². The molecule has 0 radical (unpaired) electrons. The molecule has 0 spiro atoms. The van der Waals surface area contributed by atoms with Gasteiger partial charge in [-0.05, 0) is 56.4 Å². The standard InChI is InChI=1S/C21H33N3O4S/c1-16-4-5-18(14-17(16)2)21(25)22-9-11-24(19-7-12-28-13-8-19)20-6-10-23(15-20)29(3,26)27/h4-5,14,19-20H,6-13,15H2,1-3H3,(H,22,25). The molecule has 1 aromatic carbocycles. The van der Waals surface area contributed by atoms with Crippen molar-refractivity contribution in [2.45, 2.75) is 45.2 Å². The second kappa shape index (κ2) is 9.55. The Bertz CT molecular complexity index is 821. The molecular formula is C21H33N3O4S. The van der Waals surface area contributed by atoms with E-state index in [1.807, 2.05) is 32.0 Å². The first kappa shape index (κ1) is 22.2. The highest BCUT2D eigenvalue weighted by Gasteiger charge is 2.35. The Morgan fingerprint density at radius 2 is 1.90 bits per heavy atom. The maximum absolute atomic E-state index is 12.5. The highest BCUT2D eigenvalue weighted by atomic mass is 32.2. The molecule has 7 nitrogen and oxygen atoms in total. The van der Waals surface area contributed by atoms with Gasteiger partial charge in [0.25, 0.3) is 5.91 Å². The Balaban J connectivity index is 1.61. The van der Waals surface area contributed by atoms with E-state index in [-0.39, 0.29) is 11.9 Å². The Hall–Kier alpha value is -1.48. The van der Waals surface area contributed by atoms with Crippen molar-refractivity contribution in [3.8, 4) is 0 Å². The molecule has 1 amide bonds. The van der Waals surface area contributed by atoms with E-state index >= 15 is 0 Å². The molecular weight excluding hydrogens is 390 g/mol. The van der Waals surface area contributed by atoms with Gasteiger partial charge in [0.05, 0.1) is 6.26 Å². The minimum atomic E-state index is -3.17. The quantitative estimate of drug-likeness (QED) is 0.720. The van der Waals surface area contributed by atoms with Gasteiger partial charge in [-0.15, -0.1) is 0 Å². The summed E-state index contributed by atoms with van der Waals surface area (Å²) in [5, 5.41) is 3.04. The number of hydrogen-bond acceptors (Lipinski definition) is 5. The number of aryl methyl sites for hydroxylation is 2. The van der Waals surface area contributed by atoms with Gasteiger partial charge >= 0.3 is 0 Å². The summed E-state index contributed by atoms with van der Waals surface area (Å²) in [4.78, 5) is 14.9. The Morgan fingerprint density at radius 1 is 1.17 bits per heavy atom.